The molecule has 5 rings (SSSR count). The van der Waals surface area contributed by atoms with E-state index in [0.29, 0.717) is 5.65 Å². The van der Waals surface area contributed by atoms with Crippen molar-refractivity contribution in [1.29, 1.82) is 5.26 Å². The minimum absolute atomic E-state index is 0.260. The maximum atomic E-state index is 8.92. The van der Waals surface area contributed by atoms with Crippen molar-refractivity contribution in [3.8, 4) is 17.2 Å². The van der Waals surface area contributed by atoms with Crippen LogP contribution in [0.3, 0.4) is 0 Å². The van der Waals surface area contributed by atoms with Crippen LogP contribution in [0.15, 0.2) is 35.1 Å². The topological polar surface area (TPSA) is 104 Å². The number of nitrogens with zero attached hydrogens (tertiary/aromatic N) is 5. The zero-order valence-corrected chi connectivity index (χ0v) is 17.8. The van der Waals surface area contributed by atoms with Crippen molar-refractivity contribution in [1.82, 2.24) is 24.3 Å². The van der Waals surface area contributed by atoms with Crippen LogP contribution in [0.25, 0.3) is 16.8 Å². The van der Waals surface area contributed by atoms with Crippen molar-refractivity contribution in [3.05, 3.63) is 47.8 Å². The fourth-order valence-electron chi connectivity index (χ4n) is 3.26. The molecule has 1 fully saturated rings. The zero-order valence-electron chi connectivity index (χ0n) is 17.0. The first-order chi connectivity index (χ1) is 14.6. The molecule has 2 N–H and O–H groups in total. The third-order valence-corrected chi connectivity index (χ3v) is 5.50. The van der Waals surface area contributed by atoms with E-state index in [-0.39, 0.29) is 5.76 Å². The van der Waals surface area contributed by atoms with Gasteiger partial charge in [0, 0.05) is 29.0 Å². The summed E-state index contributed by atoms with van der Waals surface area (Å²) in [4.78, 5) is 4.58. The fraction of sp³-hybridized carbons (Fsp3) is 0.333. The summed E-state index contributed by atoms with van der Waals surface area (Å²) in [5.41, 5.74) is 4.11. The molecule has 0 saturated carbocycles. The van der Waals surface area contributed by atoms with Gasteiger partial charge in [-0.3, -0.25) is 0 Å². The highest BCUT2D eigenvalue weighted by Gasteiger charge is 2.14. The van der Waals surface area contributed by atoms with E-state index in [1.165, 1.54) is 43.9 Å². The first-order valence-electron chi connectivity index (χ1n) is 9.89. The molecule has 0 atom stereocenters. The van der Waals surface area contributed by atoms with Crippen LogP contribution in [0.2, 0.25) is 0 Å². The monoisotopic (exact) mass is 421 g/mol. The highest BCUT2D eigenvalue weighted by Crippen LogP contribution is 2.29. The zero-order chi connectivity index (χ0) is 20.9. The molecule has 1 aliphatic rings. The lowest BCUT2D eigenvalue weighted by Crippen LogP contribution is -2.21. The minimum atomic E-state index is 0.260. The number of piperidine rings is 1. The van der Waals surface area contributed by atoms with Gasteiger partial charge in [0.1, 0.15) is 23.2 Å². The van der Waals surface area contributed by atoms with Gasteiger partial charge < -0.3 is 15.1 Å². The lowest BCUT2D eigenvalue weighted by atomic mass is 10.2. The third-order valence-electron chi connectivity index (χ3n) is 4.71. The molecule has 0 bridgehead atoms. The molecule has 0 unspecified atom stereocenters. The number of rotatable bonds is 3. The summed E-state index contributed by atoms with van der Waals surface area (Å²) >= 11 is 1.39. The number of nitrogens with one attached hydrogen (secondary N) is 2. The first-order valence-corrected chi connectivity index (χ1v) is 10.7. The summed E-state index contributed by atoms with van der Waals surface area (Å²) in [6, 6.07) is 7.57. The number of aromatic nitrogens is 4. The molecule has 0 aromatic carbocycles. The number of hydrogen-bond acceptors (Lipinski definition) is 8. The summed E-state index contributed by atoms with van der Waals surface area (Å²) in [5.74, 6) is 1.06. The Bertz CT molecular complexity index is 1170. The maximum Gasteiger partial charge on any atom is 0.203 e. The van der Waals surface area contributed by atoms with Gasteiger partial charge in [0.25, 0.3) is 0 Å². The SMILES string of the molecule is C1CCNCC1.Cc1cc(Nc2cc(C)nc3c(-c4coc(C#N)c4)cnn23)sn1. The molecular weight excluding hydrogens is 398 g/mol. The van der Waals surface area contributed by atoms with Gasteiger partial charge in [0.05, 0.1) is 11.9 Å². The maximum absolute atomic E-state index is 8.92. The molecule has 1 saturated heterocycles. The van der Waals surface area contributed by atoms with Crippen LogP contribution < -0.4 is 10.6 Å². The van der Waals surface area contributed by atoms with E-state index < -0.39 is 0 Å². The van der Waals surface area contributed by atoms with E-state index in [2.05, 4.69) is 25.1 Å². The Kier molecular flexibility index (Phi) is 6.07. The number of furan rings is 1. The van der Waals surface area contributed by atoms with Crippen LogP contribution in [0.1, 0.15) is 36.4 Å². The molecule has 4 aromatic heterocycles. The number of aryl methyl sites for hydroxylation is 2. The van der Waals surface area contributed by atoms with Crippen molar-refractivity contribution in [2.75, 3.05) is 18.4 Å². The normalized spacial score (nSPS) is 13.5. The standard InChI is InChI=1S/C16H12N6OS.C5H11N/c1-9-3-14(20-15-4-10(2)21-24-15)22-16(19-9)13(7-18-22)11-5-12(6-17)23-8-11;1-2-4-6-5-3-1/h3-5,7-8,20H,1-2H3;6H,1-5H2. The average molecular weight is 422 g/mol. The molecule has 30 heavy (non-hydrogen) atoms. The van der Waals surface area contributed by atoms with Crippen LogP contribution in [-0.4, -0.2) is 32.1 Å². The quantitative estimate of drug-likeness (QED) is 0.504. The Morgan fingerprint density at radius 1 is 1.17 bits per heavy atom. The number of nitriles is 1. The minimum Gasteiger partial charge on any atom is -0.453 e. The second-order valence-corrected chi connectivity index (χ2v) is 7.96. The van der Waals surface area contributed by atoms with Crippen molar-refractivity contribution in [2.24, 2.45) is 0 Å². The molecule has 154 valence electrons. The van der Waals surface area contributed by atoms with Crippen molar-refractivity contribution in [2.45, 2.75) is 33.1 Å². The van der Waals surface area contributed by atoms with Crippen molar-refractivity contribution >= 4 is 28.0 Å². The predicted molar refractivity (Wildman–Crippen MR) is 117 cm³/mol. The summed E-state index contributed by atoms with van der Waals surface area (Å²) in [6.07, 6.45) is 7.48. The van der Waals surface area contributed by atoms with Crippen LogP contribution in [0, 0.1) is 25.2 Å². The van der Waals surface area contributed by atoms with Gasteiger partial charge in [0.2, 0.25) is 5.76 Å². The number of anilines is 2. The van der Waals surface area contributed by atoms with Gasteiger partial charge in [-0.15, -0.1) is 0 Å². The molecule has 1 aliphatic heterocycles. The van der Waals surface area contributed by atoms with Crippen LogP contribution in [0.5, 0.6) is 0 Å². The summed E-state index contributed by atoms with van der Waals surface area (Å²) in [5, 5.41) is 20.9. The van der Waals surface area contributed by atoms with Gasteiger partial charge in [-0.25, -0.2) is 4.98 Å². The molecule has 0 aliphatic carbocycles. The second kappa shape index (κ2) is 9.07. The number of hydrogen-bond donors (Lipinski definition) is 2. The molecule has 4 aromatic rings. The molecule has 8 nitrogen and oxygen atoms in total. The lowest BCUT2D eigenvalue weighted by Gasteiger charge is -2.08. The van der Waals surface area contributed by atoms with E-state index in [0.717, 1.165) is 33.3 Å². The van der Waals surface area contributed by atoms with Crippen molar-refractivity contribution < 1.29 is 4.42 Å². The van der Waals surface area contributed by atoms with E-state index in [9.17, 15) is 0 Å². The summed E-state index contributed by atoms with van der Waals surface area (Å²) in [6.45, 7) is 6.38. The van der Waals surface area contributed by atoms with E-state index in [1.807, 2.05) is 32.0 Å². The van der Waals surface area contributed by atoms with Crippen molar-refractivity contribution in [3.63, 3.8) is 0 Å². The predicted octanol–water partition coefficient (Wildman–Crippen LogP) is 4.44. The summed E-state index contributed by atoms with van der Waals surface area (Å²) in [7, 11) is 0. The molecule has 0 radical (unpaired) electrons. The second-order valence-electron chi connectivity index (χ2n) is 7.16. The molecule has 0 spiro atoms. The smallest absolute Gasteiger partial charge is 0.203 e. The fourth-order valence-corrected chi connectivity index (χ4v) is 3.93. The molecule has 9 heteroatoms. The molecule has 5 heterocycles. The van der Waals surface area contributed by atoms with Crippen LogP contribution >= 0.6 is 11.5 Å². The van der Waals surface area contributed by atoms with Gasteiger partial charge in [-0.2, -0.15) is 19.2 Å². The largest absolute Gasteiger partial charge is 0.453 e. The average Bonchev–Trinajstić information content (AvgIpc) is 3.49. The first kappa shape index (κ1) is 20.1. The van der Waals surface area contributed by atoms with E-state index in [4.69, 9.17) is 9.68 Å². The Hall–Kier alpha value is -3.22. The number of fused-ring (bicyclic) bond motifs is 1. The lowest BCUT2D eigenvalue weighted by molar-refractivity contribution is 0.520. The van der Waals surface area contributed by atoms with Crippen LogP contribution in [-0.2, 0) is 0 Å². The highest BCUT2D eigenvalue weighted by molar-refractivity contribution is 7.10. The van der Waals surface area contributed by atoms with Gasteiger partial charge in [-0.05, 0) is 57.4 Å². The van der Waals surface area contributed by atoms with Gasteiger partial charge >= 0.3 is 0 Å². The Labute approximate surface area is 178 Å². The summed E-state index contributed by atoms with van der Waals surface area (Å²) < 4.78 is 11.2. The van der Waals surface area contributed by atoms with Crippen LogP contribution in [0.4, 0.5) is 10.8 Å². The molecule has 0 amide bonds. The highest BCUT2D eigenvalue weighted by atomic mass is 32.1. The van der Waals surface area contributed by atoms with Gasteiger partial charge in [0.15, 0.2) is 5.65 Å². The Morgan fingerprint density at radius 3 is 2.60 bits per heavy atom. The van der Waals surface area contributed by atoms with E-state index >= 15 is 0 Å². The van der Waals surface area contributed by atoms with E-state index in [1.54, 1.807) is 23.0 Å². The molecular formula is C21H23N7OS. The Morgan fingerprint density at radius 2 is 2.00 bits per heavy atom. The van der Waals surface area contributed by atoms with Gasteiger partial charge in [-0.1, -0.05) is 6.42 Å². The third kappa shape index (κ3) is 4.50. The Balaban J connectivity index is 0.000000313.